The molecule has 0 aliphatic rings. The molecule has 0 bridgehead atoms. The van der Waals surface area contributed by atoms with Crippen LogP contribution in [0.1, 0.15) is 47.2 Å². The van der Waals surface area contributed by atoms with Crippen molar-refractivity contribution in [3.63, 3.8) is 0 Å². The normalized spacial score (nSPS) is 12.0. The van der Waals surface area contributed by atoms with Gasteiger partial charge in [0, 0.05) is 5.75 Å². The Hall–Kier alpha value is -1.74. The molecule has 2 aromatic carbocycles. The van der Waals surface area contributed by atoms with E-state index in [1.807, 2.05) is 0 Å². The number of hydrogen-bond donors (Lipinski definition) is 1. The lowest BCUT2D eigenvalue weighted by Gasteiger charge is -2.20. The summed E-state index contributed by atoms with van der Waals surface area (Å²) in [7, 11) is 0. The zero-order valence-electron chi connectivity index (χ0n) is 15.1. The fourth-order valence-corrected chi connectivity index (χ4v) is 3.70. The van der Waals surface area contributed by atoms with Gasteiger partial charge in [0.2, 0.25) is 5.91 Å². The van der Waals surface area contributed by atoms with Crippen LogP contribution in [-0.4, -0.2) is 11.7 Å². The molecule has 0 saturated heterocycles. The van der Waals surface area contributed by atoms with E-state index in [0.29, 0.717) is 5.75 Å². The molecule has 2 aromatic rings. The van der Waals surface area contributed by atoms with Crippen molar-refractivity contribution < 1.29 is 4.79 Å². The van der Waals surface area contributed by atoms with Gasteiger partial charge in [-0.2, -0.15) is 0 Å². The van der Waals surface area contributed by atoms with Crippen LogP contribution in [0.2, 0.25) is 0 Å². The van der Waals surface area contributed by atoms with E-state index in [1.54, 1.807) is 11.8 Å². The second-order valence-electron chi connectivity index (χ2n) is 6.37. The van der Waals surface area contributed by atoms with Crippen molar-refractivity contribution in [3.05, 3.63) is 70.3 Å². The Kier molecular flexibility index (Phi) is 6.92. The first-order valence-electron chi connectivity index (χ1n) is 8.49. The predicted octanol–water partition coefficient (Wildman–Crippen LogP) is 5.11. The first-order valence-corrected chi connectivity index (χ1v) is 9.65. The molecular weight excluding hydrogens is 314 g/mol. The average molecular weight is 342 g/mol. The number of hydrogen-bond acceptors (Lipinski definition) is 2. The number of benzene rings is 2. The minimum Gasteiger partial charge on any atom is -0.349 e. The Bertz CT molecular complexity index is 696. The van der Waals surface area contributed by atoms with Crippen LogP contribution in [-0.2, 0) is 10.5 Å². The van der Waals surface area contributed by atoms with Crippen LogP contribution >= 0.6 is 11.8 Å². The van der Waals surface area contributed by atoms with E-state index in [0.717, 1.165) is 12.2 Å². The van der Waals surface area contributed by atoms with E-state index >= 15 is 0 Å². The largest absolute Gasteiger partial charge is 0.349 e. The number of aryl methyl sites for hydroxylation is 3. The molecular formula is C21H27NOS. The number of thioether (sulfide) groups is 1. The maximum absolute atomic E-state index is 12.3. The Balaban J connectivity index is 1.88. The number of carbonyl (C=O) groups is 1. The molecule has 0 heterocycles. The maximum Gasteiger partial charge on any atom is 0.230 e. The monoisotopic (exact) mass is 341 g/mol. The summed E-state index contributed by atoms with van der Waals surface area (Å²) >= 11 is 1.67. The van der Waals surface area contributed by atoms with Crippen molar-refractivity contribution in [2.24, 2.45) is 0 Å². The van der Waals surface area contributed by atoms with Gasteiger partial charge >= 0.3 is 0 Å². The van der Waals surface area contributed by atoms with Gasteiger partial charge in [0.1, 0.15) is 0 Å². The Labute approximate surface area is 150 Å². The number of carbonyl (C=O) groups excluding carboxylic acids is 1. The van der Waals surface area contributed by atoms with E-state index in [1.165, 1.54) is 27.8 Å². The van der Waals surface area contributed by atoms with Gasteiger partial charge in [0.15, 0.2) is 0 Å². The third-order valence-electron chi connectivity index (χ3n) is 4.13. The molecule has 24 heavy (non-hydrogen) atoms. The summed E-state index contributed by atoms with van der Waals surface area (Å²) in [6.07, 6.45) is 0.901. The second kappa shape index (κ2) is 8.93. The molecule has 2 nitrogen and oxygen atoms in total. The third kappa shape index (κ3) is 5.41. The van der Waals surface area contributed by atoms with Crippen molar-refractivity contribution in [2.45, 2.75) is 45.9 Å². The standard InChI is InChI=1S/C21H27NOS/c1-5-20(19-10-9-16(3)11-17(19)4)22-21(23)14-24-13-18-8-6-7-15(2)12-18/h6-12,20H,5,13-14H2,1-4H3,(H,22,23)/t20-/m1/s1. The van der Waals surface area contributed by atoms with Crippen LogP contribution in [0.3, 0.4) is 0 Å². The Morgan fingerprint density at radius 2 is 1.83 bits per heavy atom. The van der Waals surface area contributed by atoms with E-state index < -0.39 is 0 Å². The Morgan fingerprint density at radius 3 is 2.50 bits per heavy atom. The molecule has 0 saturated carbocycles. The second-order valence-corrected chi connectivity index (χ2v) is 7.36. The topological polar surface area (TPSA) is 29.1 Å². The zero-order chi connectivity index (χ0) is 17.5. The highest BCUT2D eigenvalue weighted by atomic mass is 32.2. The summed E-state index contributed by atoms with van der Waals surface area (Å²) in [6, 6.07) is 15.0. The summed E-state index contributed by atoms with van der Waals surface area (Å²) in [6.45, 7) is 8.42. The first kappa shape index (κ1) is 18.6. The van der Waals surface area contributed by atoms with Crippen LogP contribution in [0.15, 0.2) is 42.5 Å². The van der Waals surface area contributed by atoms with Gasteiger partial charge < -0.3 is 5.32 Å². The minimum atomic E-state index is 0.0951. The van der Waals surface area contributed by atoms with Gasteiger partial charge in [0.05, 0.1) is 11.8 Å². The lowest BCUT2D eigenvalue weighted by atomic mass is 9.97. The highest BCUT2D eigenvalue weighted by Crippen LogP contribution is 2.22. The molecule has 2 rings (SSSR count). The Morgan fingerprint density at radius 1 is 1.08 bits per heavy atom. The molecule has 0 aliphatic carbocycles. The van der Waals surface area contributed by atoms with Gasteiger partial charge in [-0.3, -0.25) is 4.79 Å². The summed E-state index contributed by atoms with van der Waals surface area (Å²) < 4.78 is 0. The molecule has 0 aliphatic heterocycles. The van der Waals surface area contributed by atoms with Gasteiger partial charge in [0.25, 0.3) is 0 Å². The summed E-state index contributed by atoms with van der Waals surface area (Å²) in [5.74, 6) is 1.48. The molecule has 1 atom stereocenters. The van der Waals surface area contributed by atoms with Crippen molar-refractivity contribution >= 4 is 17.7 Å². The molecule has 1 N–H and O–H groups in total. The van der Waals surface area contributed by atoms with Gasteiger partial charge in [-0.05, 0) is 43.9 Å². The fourth-order valence-electron chi connectivity index (χ4n) is 2.92. The lowest BCUT2D eigenvalue weighted by Crippen LogP contribution is -2.30. The molecule has 0 unspecified atom stereocenters. The smallest absolute Gasteiger partial charge is 0.230 e. The van der Waals surface area contributed by atoms with Gasteiger partial charge in [-0.15, -0.1) is 11.8 Å². The molecule has 0 fully saturated rings. The highest BCUT2D eigenvalue weighted by Gasteiger charge is 2.14. The van der Waals surface area contributed by atoms with E-state index in [4.69, 9.17) is 0 Å². The minimum absolute atomic E-state index is 0.0951. The number of amides is 1. The zero-order valence-corrected chi connectivity index (χ0v) is 15.9. The molecule has 1 amide bonds. The van der Waals surface area contributed by atoms with Crippen LogP contribution in [0.4, 0.5) is 0 Å². The van der Waals surface area contributed by atoms with Crippen LogP contribution in [0, 0.1) is 20.8 Å². The van der Waals surface area contributed by atoms with Crippen molar-refractivity contribution in [1.29, 1.82) is 0 Å². The summed E-state index contributed by atoms with van der Waals surface area (Å²) in [5, 5.41) is 3.18. The fraction of sp³-hybridized carbons (Fsp3) is 0.381. The predicted molar refractivity (Wildman–Crippen MR) is 104 cm³/mol. The SMILES string of the molecule is CC[C@@H](NC(=O)CSCc1cccc(C)c1)c1ccc(C)cc1C. The van der Waals surface area contributed by atoms with Crippen molar-refractivity contribution in [1.82, 2.24) is 5.32 Å². The third-order valence-corrected chi connectivity index (χ3v) is 5.13. The highest BCUT2D eigenvalue weighted by molar-refractivity contribution is 7.99. The van der Waals surface area contributed by atoms with Crippen LogP contribution in [0.5, 0.6) is 0 Å². The molecule has 128 valence electrons. The number of nitrogens with one attached hydrogen (secondary N) is 1. The van der Waals surface area contributed by atoms with Crippen LogP contribution < -0.4 is 5.32 Å². The lowest BCUT2D eigenvalue weighted by molar-refractivity contribution is -0.119. The van der Waals surface area contributed by atoms with Crippen LogP contribution in [0.25, 0.3) is 0 Å². The summed E-state index contributed by atoms with van der Waals surface area (Å²) in [4.78, 5) is 12.3. The molecule has 0 aromatic heterocycles. The average Bonchev–Trinajstić information content (AvgIpc) is 2.53. The molecule has 3 heteroatoms. The van der Waals surface area contributed by atoms with E-state index in [2.05, 4.69) is 75.5 Å². The van der Waals surface area contributed by atoms with Gasteiger partial charge in [-0.1, -0.05) is 60.5 Å². The van der Waals surface area contributed by atoms with Crippen molar-refractivity contribution in [2.75, 3.05) is 5.75 Å². The van der Waals surface area contributed by atoms with E-state index in [-0.39, 0.29) is 11.9 Å². The molecule has 0 radical (unpaired) electrons. The van der Waals surface area contributed by atoms with E-state index in [9.17, 15) is 4.79 Å². The summed E-state index contributed by atoms with van der Waals surface area (Å²) in [5.41, 5.74) is 6.26. The quantitative estimate of drug-likeness (QED) is 0.758. The maximum atomic E-state index is 12.3. The first-order chi connectivity index (χ1) is 11.5. The van der Waals surface area contributed by atoms with Gasteiger partial charge in [-0.25, -0.2) is 0 Å². The molecule has 0 spiro atoms. The van der Waals surface area contributed by atoms with Crippen molar-refractivity contribution in [3.8, 4) is 0 Å². The number of rotatable bonds is 7.